The summed E-state index contributed by atoms with van der Waals surface area (Å²) in [6, 6.07) is 0. The van der Waals surface area contributed by atoms with E-state index in [1.807, 2.05) is 0 Å². The Bertz CT molecular complexity index is 453. The second-order valence-electron chi connectivity index (χ2n) is 11.7. The van der Waals surface area contributed by atoms with Gasteiger partial charge in [-0.05, 0) is 19.3 Å². The molecular weight excluding hydrogens is 446 g/mol. The molecule has 0 aliphatic heterocycles. The highest BCUT2D eigenvalue weighted by atomic mass is 16.6. The Morgan fingerprint density at radius 2 is 0.917 bits per heavy atom. The number of nitrogens with zero attached hydrogens (tertiary/aromatic N) is 1. The summed E-state index contributed by atoms with van der Waals surface area (Å²) in [6.07, 6.45) is 28.8. The van der Waals surface area contributed by atoms with Gasteiger partial charge in [-0.25, -0.2) is 0 Å². The molecule has 0 saturated carbocycles. The maximum atomic E-state index is 11.9. The van der Waals surface area contributed by atoms with Crippen molar-refractivity contribution in [1.82, 2.24) is 0 Å². The topological polar surface area (TPSA) is 35.5 Å². The van der Waals surface area contributed by atoms with Crippen molar-refractivity contribution in [3.05, 3.63) is 0 Å². The van der Waals surface area contributed by atoms with E-state index in [4.69, 9.17) is 9.47 Å². The van der Waals surface area contributed by atoms with Crippen LogP contribution in [0.4, 0.5) is 0 Å². The molecule has 0 N–H and O–H groups in total. The van der Waals surface area contributed by atoms with Crippen LogP contribution in [0.25, 0.3) is 0 Å². The van der Waals surface area contributed by atoms with Crippen molar-refractivity contribution in [2.45, 2.75) is 155 Å². The molecule has 0 spiro atoms. The van der Waals surface area contributed by atoms with Gasteiger partial charge in [0.05, 0.1) is 33.9 Å². The normalized spacial score (nSPS) is 11.8. The van der Waals surface area contributed by atoms with E-state index in [2.05, 4.69) is 27.9 Å². The zero-order chi connectivity index (χ0) is 26.6. The van der Waals surface area contributed by atoms with Crippen molar-refractivity contribution >= 4 is 5.97 Å². The lowest BCUT2D eigenvalue weighted by molar-refractivity contribution is -0.891. The highest BCUT2D eigenvalue weighted by molar-refractivity contribution is 5.69. The molecule has 0 bridgehead atoms. The van der Waals surface area contributed by atoms with Gasteiger partial charge in [0.15, 0.2) is 0 Å². The molecule has 0 heterocycles. The summed E-state index contributed by atoms with van der Waals surface area (Å²) in [4.78, 5) is 11.9. The first kappa shape index (κ1) is 35.4. The molecule has 0 aromatic rings. The van der Waals surface area contributed by atoms with E-state index >= 15 is 0 Å². The second kappa shape index (κ2) is 27.4. The first-order chi connectivity index (χ1) is 17.5. The summed E-state index contributed by atoms with van der Waals surface area (Å²) in [5.41, 5.74) is 0. The standard InChI is InChI=1S/C32H66NO3/c1-5-7-9-11-13-15-16-17-19-21-23-25-27-33(3,4)28-29-35-30-31-36-32(34)26-24-22-20-18-14-12-10-8-6-2/h5-31H2,1-4H3/q+1. The van der Waals surface area contributed by atoms with Crippen molar-refractivity contribution in [2.75, 3.05) is 47.0 Å². The molecule has 0 fully saturated rings. The van der Waals surface area contributed by atoms with Crippen LogP contribution >= 0.6 is 0 Å². The van der Waals surface area contributed by atoms with E-state index in [1.54, 1.807) is 0 Å². The number of ether oxygens (including phenoxy) is 2. The highest BCUT2D eigenvalue weighted by Crippen LogP contribution is 2.13. The number of esters is 1. The van der Waals surface area contributed by atoms with Crippen molar-refractivity contribution in [1.29, 1.82) is 0 Å². The number of carbonyl (C=O) groups excluding carboxylic acids is 1. The second-order valence-corrected chi connectivity index (χ2v) is 11.7. The average molecular weight is 513 g/mol. The van der Waals surface area contributed by atoms with Crippen molar-refractivity contribution in [3.8, 4) is 0 Å². The van der Waals surface area contributed by atoms with Crippen LogP contribution < -0.4 is 0 Å². The minimum Gasteiger partial charge on any atom is -0.463 e. The van der Waals surface area contributed by atoms with Gasteiger partial charge in [0.2, 0.25) is 0 Å². The molecule has 0 rings (SSSR count). The number of carbonyl (C=O) groups is 1. The molecule has 0 saturated heterocycles. The van der Waals surface area contributed by atoms with Crippen LogP contribution in [0.3, 0.4) is 0 Å². The summed E-state index contributed by atoms with van der Waals surface area (Å²) in [7, 11) is 4.60. The van der Waals surface area contributed by atoms with E-state index < -0.39 is 0 Å². The fourth-order valence-electron chi connectivity index (χ4n) is 4.77. The predicted molar refractivity (Wildman–Crippen MR) is 157 cm³/mol. The SMILES string of the molecule is CCCCCCCCCCCCCC[N+](C)(C)CCOCCOC(=O)CCCCCCCCCCC. The van der Waals surface area contributed by atoms with Crippen LogP contribution in [0.15, 0.2) is 0 Å². The molecular formula is C32H66NO3+. The van der Waals surface area contributed by atoms with Crippen LogP contribution in [-0.2, 0) is 14.3 Å². The third-order valence-corrected chi connectivity index (χ3v) is 7.43. The van der Waals surface area contributed by atoms with E-state index in [0.29, 0.717) is 19.6 Å². The van der Waals surface area contributed by atoms with Crippen LogP contribution in [-0.4, -0.2) is 57.5 Å². The van der Waals surface area contributed by atoms with Gasteiger partial charge in [-0.1, -0.05) is 129 Å². The number of rotatable bonds is 29. The summed E-state index contributed by atoms with van der Waals surface area (Å²) >= 11 is 0. The maximum absolute atomic E-state index is 11.9. The van der Waals surface area contributed by atoms with E-state index in [9.17, 15) is 4.79 Å². The Morgan fingerprint density at radius 3 is 1.39 bits per heavy atom. The summed E-state index contributed by atoms with van der Waals surface area (Å²) in [5, 5.41) is 0. The molecule has 216 valence electrons. The molecule has 4 heteroatoms. The number of likely N-dealkylation sites (N-methyl/N-ethyl adjacent to an activating group) is 1. The van der Waals surface area contributed by atoms with Crippen molar-refractivity contribution in [3.63, 3.8) is 0 Å². The summed E-state index contributed by atoms with van der Waals surface area (Å²) in [6.45, 7) is 8.42. The Morgan fingerprint density at radius 1 is 0.500 bits per heavy atom. The molecule has 0 aliphatic carbocycles. The lowest BCUT2D eigenvalue weighted by atomic mass is 10.1. The number of hydrogen-bond acceptors (Lipinski definition) is 3. The zero-order valence-corrected chi connectivity index (χ0v) is 25.3. The van der Waals surface area contributed by atoms with Crippen LogP contribution in [0, 0.1) is 0 Å². The quantitative estimate of drug-likeness (QED) is 0.0569. The van der Waals surface area contributed by atoms with E-state index in [-0.39, 0.29) is 5.97 Å². The molecule has 36 heavy (non-hydrogen) atoms. The van der Waals surface area contributed by atoms with Crippen LogP contribution in [0.5, 0.6) is 0 Å². The maximum Gasteiger partial charge on any atom is 0.305 e. The van der Waals surface area contributed by atoms with Gasteiger partial charge < -0.3 is 14.0 Å². The van der Waals surface area contributed by atoms with Gasteiger partial charge in [0, 0.05) is 6.42 Å². The summed E-state index contributed by atoms with van der Waals surface area (Å²) < 4.78 is 12.1. The minimum absolute atomic E-state index is 0.0652. The van der Waals surface area contributed by atoms with Gasteiger partial charge in [0.25, 0.3) is 0 Å². The highest BCUT2D eigenvalue weighted by Gasteiger charge is 2.14. The minimum atomic E-state index is -0.0652. The first-order valence-electron chi connectivity index (χ1n) is 16.1. The Hall–Kier alpha value is -0.610. The molecule has 0 amide bonds. The zero-order valence-electron chi connectivity index (χ0n) is 25.3. The Kier molecular flexibility index (Phi) is 27.0. The molecule has 4 nitrogen and oxygen atoms in total. The molecule has 0 radical (unpaired) electrons. The van der Waals surface area contributed by atoms with Crippen LogP contribution in [0.1, 0.15) is 155 Å². The lowest BCUT2D eigenvalue weighted by Gasteiger charge is -2.29. The monoisotopic (exact) mass is 513 g/mol. The summed E-state index contributed by atoms with van der Waals surface area (Å²) in [5.74, 6) is -0.0652. The van der Waals surface area contributed by atoms with Crippen LogP contribution in [0.2, 0.25) is 0 Å². The van der Waals surface area contributed by atoms with Gasteiger partial charge in [-0.2, -0.15) is 0 Å². The van der Waals surface area contributed by atoms with Gasteiger partial charge in [-0.3, -0.25) is 4.79 Å². The van der Waals surface area contributed by atoms with E-state index in [0.717, 1.165) is 30.5 Å². The number of hydrogen-bond donors (Lipinski definition) is 0. The third kappa shape index (κ3) is 28.0. The third-order valence-electron chi connectivity index (χ3n) is 7.43. The molecule has 0 unspecified atom stereocenters. The van der Waals surface area contributed by atoms with Gasteiger partial charge in [0.1, 0.15) is 13.2 Å². The lowest BCUT2D eigenvalue weighted by Crippen LogP contribution is -2.43. The van der Waals surface area contributed by atoms with Crippen molar-refractivity contribution < 1.29 is 18.8 Å². The average Bonchev–Trinajstić information content (AvgIpc) is 2.85. The number of unbranched alkanes of at least 4 members (excludes halogenated alkanes) is 19. The first-order valence-corrected chi connectivity index (χ1v) is 16.1. The fourth-order valence-corrected chi connectivity index (χ4v) is 4.77. The van der Waals surface area contributed by atoms with Gasteiger partial charge >= 0.3 is 5.97 Å². The van der Waals surface area contributed by atoms with E-state index in [1.165, 1.54) is 129 Å². The molecule has 0 aromatic carbocycles. The Balaban J connectivity index is 3.40. The largest absolute Gasteiger partial charge is 0.463 e. The molecule has 0 aromatic heterocycles. The predicted octanol–water partition coefficient (Wildman–Crippen LogP) is 9.24. The smallest absolute Gasteiger partial charge is 0.305 e. The Labute approximate surface area is 226 Å². The fraction of sp³-hybridized carbons (Fsp3) is 0.969. The van der Waals surface area contributed by atoms with Gasteiger partial charge in [-0.15, -0.1) is 0 Å². The van der Waals surface area contributed by atoms with Crippen molar-refractivity contribution in [2.24, 2.45) is 0 Å². The molecule has 0 atom stereocenters. The number of quaternary nitrogens is 1. The molecule has 0 aliphatic rings.